The van der Waals surface area contributed by atoms with Gasteiger partial charge < -0.3 is 14.2 Å². The molecular weight excluding hydrogens is 328 g/mol. The quantitative estimate of drug-likeness (QED) is 0.776. The van der Waals surface area contributed by atoms with Gasteiger partial charge in [0.15, 0.2) is 0 Å². The number of rotatable bonds is 4. The van der Waals surface area contributed by atoms with Crippen LogP contribution in [0.15, 0.2) is 30.3 Å². The molecule has 0 aliphatic rings. The van der Waals surface area contributed by atoms with E-state index < -0.39 is 11.6 Å². The van der Waals surface area contributed by atoms with Crippen LogP contribution in [0.25, 0.3) is 10.4 Å². The average Bonchev–Trinajstić information content (AvgIpc) is 3.02. The fourth-order valence-electron chi connectivity index (χ4n) is 2.06. The molecule has 0 unspecified atom stereocenters. The molecule has 2 rings (SSSR count). The number of carbonyl (C=O) groups excluding carboxylic acids is 2. The van der Waals surface area contributed by atoms with Crippen LogP contribution in [0, 0.1) is 0 Å². The number of benzene rings is 1. The average molecular weight is 348 g/mol. The van der Waals surface area contributed by atoms with Crippen LogP contribution in [0.4, 0.5) is 0 Å². The lowest BCUT2D eigenvalue weighted by Gasteiger charge is -2.18. The van der Waals surface area contributed by atoms with Gasteiger partial charge in [-0.05, 0) is 56.7 Å². The Balaban J connectivity index is 2.33. The van der Waals surface area contributed by atoms with Crippen LogP contribution >= 0.6 is 11.3 Å². The van der Waals surface area contributed by atoms with Gasteiger partial charge in [-0.25, -0.2) is 9.59 Å². The fourth-order valence-corrected chi connectivity index (χ4v) is 2.94. The van der Waals surface area contributed by atoms with Gasteiger partial charge in [0, 0.05) is 4.88 Å². The minimum absolute atomic E-state index is 0.338. The smallest absolute Gasteiger partial charge is 0.348 e. The van der Waals surface area contributed by atoms with Gasteiger partial charge in [-0.3, -0.25) is 0 Å². The first kappa shape index (κ1) is 18.0. The van der Waals surface area contributed by atoms with Crippen LogP contribution < -0.4 is 4.74 Å². The molecule has 0 spiro atoms. The highest BCUT2D eigenvalue weighted by Crippen LogP contribution is 2.32. The number of methoxy groups -OCH3 is 2. The van der Waals surface area contributed by atoms with Crippen molar-refractivity contribution in [2.45, 2.75) is 26.4 Å². The van der Waals surface area contributed by atoms with Crippen LogP contribution in [-0.2, 0) is 9.47 Å². The molecule has 24 heavy (non-hydrogen) atoms. The first-order valence-corrected chi connectivity index (χ1v) is 8.16. The van der Waals surface area contributed by atoms with E-state index in [9.17, 15) is 9.59 Å². The molecule has 1 heterocycles. The third-order valence-electron chi connectivity index (χ3n) is 3.10. The van der Waals surface area contributed by atoms with Crippen LogP contribution in [-0.4, -0.2) is 31.8 Å². The maximum atomic E-state index is 12.1. The summed E-state index contributed by atoms with van der Waals surface area (Å²) in [5.74, 6) is -0.396. The summed E-state index contributed by atoms with van der Waals surface area (Å²) in [5.41, 5.74) is 0.597. The minimum atomic E-state index is -0.542. The van der Waals surface area contributed by atoms with Crippen LogP contribution in [0.2, 0.25) is 0 Å². The molecule has 128 valence electrons. The number of esters is 2. The predicted molar refractivity (Wildman–Crippen MR) is 92.8 cm³/mol. The molecule has 0 atom stereocenters. The van der Waals surface area contributed by atoms with Crippen LogP contribution in [0.1, 0.15) is 40.8 Å². The zero-order chi connectivity index (χ0) is 17.9. The Morgan fingerprint density at radius 1 is 1.00 bits per heavy atom. The van der Waals surface area contributed by atoms with Crippen molar-refractivity contribution < 1.29 is 23.8 Å². The molecule has 0 saturated heterocycles. The number of ether oxygens (including phenoxy) is 3. The Morgan fingerprint density at radius 3 is 2.29 bits per heavy atom. The first-order valence-electron chi connectivity index (χ1n) is 7.35. The summed E-state index contributed by atoms with van der Waals surface area (Å²) < 4.78 is 15.3. The van der Waals surface area contributed by atoms with Crippen molar-refractivity contribution in [2.24, 2.45) is 0 Å². The molecule has 0 amide bonds. The molecule has 0 aliphatic carbocycles. The SMILES string of the molecule is COC(=O)c1cc(-c2ccc(C(=O)OC(C)(C)C)s2)ccc1OC. The Kier molecular flexibility index (Phi) is 5.29. The summed E-state index contributed by atoms with van der Waals surface area (Å²) in [6.45, 7) is 5.47. The molecule has 2 aromatic rings. The second-order valence-electron chi connectivity index (χ2n) is 6.07. The van der Waals surface area contributed by atoms with Crippen molar-refractivity contribution in [1.29, 1.82) is 0 Å². The number of hydrogen-bond acceptors (Lipinski definition) is 6. The molecule has 0 bridgehead atoms. The van der Waals surface area contributed by atoms with Crippen LogP contribution in [0.5, 0.6) is 5.75 Å². The number of thiophene rings is 1. The lowest BCUT2D eigenvalue weighted by molar-refractivity contribution is 0.00750. The normalized spacial score (nSPS) is 11.0. The molecule has 0 N–H and O–H groups in total. The Bertz CT molecular complexity index is 755. The monoisotopic (exact) mass is 348 g/mol. The first-order chi connectivity index (χ1) is 11.2. The summed E-state index contributed by atoms with van der Waals surface area (Å²) in [6, 6.07) is 8.77. The molecule has 6 heteroatoms. The number of hydrogen-bond donors (Lipinski definition) is 0. The largest absolute Gasteiger partial charge is 0.496 e. The molecule has 0 fully saturated rings. The molecule has 1 aromatic carbocycles. The fraction of sp³-hybridized carbons (Fsp3) is 0.333. The highest BCUT2D eigenvalue weighted by Gasteiger charge is 2.20. The van der Waals surface area contributed by atoms with Crippen molar-refractivity contribution in [3.63, 3.8) is 0 Å². The third-order valence-corrected chi connectivity index (χ3v) is 4.21. The summed E-state index contributed by atoms with van der Waals surface area (Å²) in [5, 5.41) is 0. The van der Waals surface area contributed by atoms with Gasteiger partial charge in [-0.1, -0.05) is 0 Å². The van der Waals surface area contributed by atoms with Gasteiger partial charge in [0.05, 0.1) is 14.2 Å². The molecule has 0 aliphatic heterocycles. The molecular formula is C18H20O5S. The highest BCUT2D eigenvalue weighted by atomic mass is 32.1. The van der Waals surface area contributed by atoms with Crippen LogP contribution in [0.3, 0.4) is 0 Å². The van der Waals surface area contributed by atoms with Gasteiger partial charge >= 0.3 is 11.9 Å². The van der Waals surface area contributed by atoms with E-state index in [1.54, 1.807) is 18.2 Å². The van der Waals surface area contributed by atoms with E-state index >= 15 is 0 Å². The van der Waals surface area contributed by atoms with Gasteiger partial charge in [0.25, 0.3) is 0 Å². The molecule has 1 aromatic heterocycles. The number of carbonyl (C=O) groups is 2. The summed E-state index contributed by atoms with van der Waals surface area (Å²) in [7, 11) is 2.81. The summed E-state index contributed by atoms with van der Waals surface area (Å²) in [4.78, 5) is 25.4. The second kappa shape index (κ2) is 7.05. The Labute approximate surface area is 145 Å². The van der Waals surface area contributed by atoms with Crippen molar-refractivity contribution in [3.05, 3.63) is 40.8 Å². The summed E-state index contributed by atoms with van der Waals surface area (Å²) >= 11 is 1.31. The van der Waals surface area contributed by atoms with E-state index in [1.165, 1.54) is 25.6 Å². The second-order valence-corrected chi connectivity index (χ2v) is 7.16. The van der Waals surface area contributed by atoms with Crippen molar-refractivity contribution in [3.8, 4) is 16.2 Å². The lowest BCUT2D eigenvalue weighted by atomic mass is 10.1. The summed E-state index contributed by atoms with van der Waals surface area (Å²) in [6.07, 6.45) is 0. The van der Waals surface area contributed by atoms with Gasteiger partial charge in [0.1, 0.15) is 21.8 Å². The van der Waals surface area contributed by atoms with E-state index in [4.69, 9.17) is 14.2 Å². The molecule has 0 saturated carbocycles. The van der Waals surface area contributed by atoms with E-state index in [0.717, 1.165) is 10.4 Å². The van der Waals surface area contributed by atoms with Crippen molar-refractivity contribution in [1.82, 2.24) is 0 Å². The maximum Gasteiger partial charge on any atom is 0.348 e. The topological polar surface area (TPSA) is 61.8 Å². The molecule has 5 nitrogen and oxygen atoms in total. The minimum Gasteiger partial charge on any atom is -0.496 e. The van der Waals surface area contributed by atoms with E-state index in [2.05, 4.69) is 0 Å². The molecule has 0 radical (unpaired) electrons. The van der Waals surface area contributed by atoms with Crippen molar-refractivity contribution >= 4 is 23.3 Å². The van der Waals surface area contributed by atoms with E-state index in [1.807, 2.05) is 32.9 Å². The predicted octanol–water partition coefficient (Wildman–Crippen LogP) is 4.17. The maximum absolute atomic E-state index is 12.1. The third kappa shape index (κ3) is 4.14. The van der Waals surface area contributed by atoms with Crippen molar-refractivity contribution in [2.75, 3.05) is 14.2 Å². The zero-order valence-electron chi connectivity index (χ0n) is 14.3. The standard InChI is InChI=1S/C18H20O5S/c1-18(2,3)23-17(20)15-9-8-14(24-15)11-6-7-13(21-4)12(10-11)16(19)22-5/h6-10H,1-5H3. The lowest BCUT2D eigenvalue weighted by Crippen LogP contribution is -2.23. The highest BCUT2D eigenvalue weighted by molar-refractivity contribution is 7.17. The van der Waals surface area contributed by atoms with E-state index in [0.29, 0.717) is 16.2 Å². The van der Waals surface area contributed by atoms with Gasteiger partial charge in [0.2, 0.25) is 0 Å². The Hall–Kier alpha value is -2.34. The zero-order valence-corrected chi connectivity index (χ0v) is 15.2. The Morgan fingerprint density at radius 2 is 1.71 bits per heavy atom. The van der Waals surface area contributed by atoms with Gasteiger partial charge in [-0.2, -0.15) is 0 Å². The van der Waals surface area contributed by atoms with Gasteiger partial charge in [-0.15, -0.1) is 11.3 Å². The van der Waals surface area contributed by atoms with E-state index in [-0.39, 0.29) is 5.97 Å².